The molecule has 1 N–H and O–H groups in total. The standard InChI is InChI=1S/C17H22N4O/c1-10(2)13-8-11(3)15-18-9-14(21(15)20-13)16(22)19-17(6-7-17)12-4-5-12/h8-10,12H,4-7H2,1-3H3,(H,19,22). The number of hydrogen-bond donors (Lipinski definition) is 1. The van der Waals surface area contributed by atoms with E-state index in [1.165, 1.54) is 12.8 Å². The highest BCUT2D eigenvalue weighted by molar-refractivity contribution is 5.94. The maximum Gasteiger partial charge on any atom is 0.272 e. The van der Waals surface area contributed by atoms with E-state index >= 15 is 0 Å². The Balaban J connectivity index is 1.70. The Labute approximate surface area is 130 Å². The minimum Gasteiger partial charge on any atom is -0.345 e. The summed E-state index contributed by atoms with van der Waals surface area (Å²) in [4.78, 5) is 17.1. The number of hydrogen-bond acceptors (Lipinski definition) is 3. The van der Waals surface area contributed by atoms with Crippen molar-refractivity contribution >= 4 is 11.6 Å². The van der Waals surface area contributed by atoms with Crippen LogP contribution >= 0.6 is 0 Å². The molecule has 2 aromatic rings. The van der Waals surface area contributed by atoms with Crippen LogP contribution in [0.1, 0.15) is 67.2 Å². The summed E-state index contributed by atoms with van der Waals surface area (Å²) in [5.41, 5.74) is 3.44. The third-order valence-electron chi connectivity index (χ3n) is 5.00. The number of carbonyl (C=O) groups excluding carboxylic acids is 1. The van der Waals surface area contributed by atoms with Gasteiger partial charge < -0.3 is 5.32 Å². The van der Waals surface area contributed by atoms with Gasteiger partial charge in [0.05, 0.1) is 11.9 Å². The van der Waals surface area contributed by atoms with Crippen molar-refractivity contribution in [2.75, 3.05) is 0 Å². The number of imidazole rings is 1. The van der Waals surface area contributed by atoms with E-state index in [1.807, 2.05) is 6.92 Å². The normalized spacial score (nSPS) is 19.6. The first-order chi connectivity index (χ1) is 10.5. The number of nitrogens with zero attached hydrogens (tertiary/aromatic N) is 3. The Morgan fingerprint density at radius 3 is 2.73 bits per heavy atom. The number of carbonyl (C=O) groups is 1. The fourth-order valence-electron chi connectivity index (χ4n) is 3.28. The van der Waals surface area contributed by atoms with E-state index in [4.69, 9.17) is 0 Å². The summed E-state index contributed by atoms with van der Waals surface area (Å²) in [6.07, 6.45) is 6.38. The second-order valence-electron chi connectivity index (χ2n) is 7.17. The molecule has 2 saturated carbocycles. The molecule has 2 aliphatic carbocycles. The van der Waals surface area contributed by atoms with E-state index in [9.17, 15) is 4.79 Å². The molecule has 22 heavy (non-hydrogen) atoms. The Morgan fingerprint density at radius 2 is 2.14 bits per heavy atom. The van der Waals surface area contributed by atoms with Crippen LogP contribution in [0.15, 0.2) is 12.3 Å². The molecule has 0 aromatic carbocycles. The van der Waals surface area contributed by atoms with E-state index in [0.29, 0.717) is 17.5 Å². The van der Waals surface area contributed by atoms with Gasteiger partial charge in [-0.2, -0.15) is 5.10 Å². The smallest absolute Gasteiger partial charge is 0.272 e. The minimum atomic E-state index is -0.0373. The van der Waals surface area contributed by atoms with Gasteiger partial charge in [0.1, 0.15) is 0 Å². The minimum absolute atomic E-state index is 0.0373. The Hall–Kier alpha value is -1.91. The molecule has 0 spiro atoms. The first-order valence-corrected chi connectivity index (χ1v) is 8.18. The SMILES string of the molecule is Cc1cc(C(C)C)nn2c(C(=O)NC3(C4CC4)CC3)cnc12. The third-order valence-corrected chi connectivity index (χ3v) is 5.00. The predicted molar refractivity (Wildman–Crippen MR) is 84.0 cm³/mol. The molecule has 116 valence electrons. The van der Waals surface area contributed by atoms with Crippen molar-refractivity contribution < 1.29 is 4.79 Å². The molecule has 0 bridgehead atoms. The van der Waals surface area contributed by atoms with Crippen LogP contribution in [0, 0.1) is 12.8 Å². The van der Waals surface area contributed by atoms with Gasteiger partial charge in [0.15, 0.2) is 11.3 Å². The highest BCUT2D eigenvalue weighted by Crippen LogP contribution is 2.53. The lowest BCUT2D eigenvalue weighted by molar-refractivity contribution is 0.0918. The molecule has 2 aliphatic rings. The highest BCUT2D eigenvalue weighted by atomic mass is 16.2. The van der Waals surface area contributed by atoms with Crippen LogP contribution in [0.3, 0.4) is 0 Å². The van der Waals surface area contributed by atoms with Gasteiger partial charge in [0, 0.05) is 5.54 Å². The highest BCUT2D eigenvalue weighted by Gasteiger charge is 2.55. The van der Waals surface area contributed by atoms with E-state index in [-0.39, 0.29) is 11.4 Å². The number of fused-ring (bicyclic) bond motifs is 1. The van der Waals surface area contributed by atoms with Crippen molar-refractivity contribution in [3.8, 4) is 0 Å². The van der Waals surface area contributed by atoms with Crippen LogP contribution < -0.4 is 5.32 Å². The van der Waals surface area contributed by atoms with E-state index in [1.54, 1.807) is 10.7 Å². The molecule has 2 fully saturated rings. The molecule has 2 heterocycles. The fourth-order valence-corrected chi connectivity index (χ4v) is 3.28. The first-order valence-electron chi connectivity index (χ1n) is 8.18. The van der Waals surface area contributed by atoms with Crippen molar-refractivity contribution in [1.82, 2.24) is 19.9 Å². The van der Waals surface area contributed by atoms with Gasteiger partial charge in [-0.25, -0.2) is 9.50 Å². The van der Waals surface area contributed by atoms with Gasteiger partial charge in [-0.1, -0.05) is 13.8 Å². The molecule has 4 rings (SSSR count). The molecular formula is C17H22N4O. The molecular weight excluding hydrogens is 276 g/mol. The molecule has 0 saturated heterocycles. The molecule has 1 amide bonds. The fraction of sp³-hybridized carbons (Fsp3) is 0.588. The Bertz CT molecular complexity index is 753. The van der Waals surface area contributed by atoms with Crippen LogP contribution in [0.25, 0.3) is 5.65 Å². The number of amides is 1. The average Bonchev–Trinajstić information content (AvgIpc) is 3.37. The van der Waals surface area contributed by atoms with Gasteiger partial charge in [-0.15, -0.1) is 0 Å². The zero-order valence-corrected chi connectivity index (χ0v) is 13.4. The van der Waals surface area contributed by atoms with Gasteiger partial charge in [0.25, 0.3) is 5.91 Å². The predicted octanol–water partition coefficient (Wildman–Crippen LogP) is 2.83. The molecule has 0 unspecified atom stereocenters. The first kappa shape index (κ1) is 13.7. The van der Waals surface area contributed by atoms with Crippen LogP contribution in [-0.2, 0) is 0 Å². The zero-order chi connectivity index (χ0) is 15.5. The van der Waals surface area contributed by atoms with Gasteiger partial charge in [0.2, 0.25) is 0 Å². The molecule has 0 radical (unpaired) electrons. The monoisotopic (exact) mass is 298 g/mol. The maximum absolute atomic E-state index is 12.7. The van der Waals surface area contributed by atoms with Crippen molar-refractivity contribution in [2.45, 2.75) is 57.9 Å². The van der Waals surface area contributed by atoms with E-state index in [2.05, 4.69) is 35.3 Å². The van der Waals surface area contributed by atoms with E-state index in [0.717, 1.165) is 29.7 Å². The number of aromatic nitrogens is 3. The lowest BCUT2D eigenvalue weighted by atomic mass is 10.1. The summed E-state index contributed by atoms with van der Waals surface area (Å²) in [5.74, 6) is 0.976. The lowest BCUT2D eigenvalue weighted by Gasteiger charge is -2.16. The summed E-state index contributed by atoms with van der Waals surface area (Å²) in [7, 11) is 0. The number of aryl methyl sites for hydroxylation is 1. The molecule has 2 aromatic heterocycles. The summed E-state index contributed by atoms with van der Waals surface area (Å²) in [6.45, 7) is 6.23. The van der Waals surface area contributed by atoms with Gasteiger partial charge in [-0.05, 0) is 56.1 Å². The summed E-state index contributed by atoms with van der Waals surface area (Å²) < 4.78 is 1.71. The number of rotatable bonds is 4. The van der Waals surface area contributed by atoms with Crippen LogP contribution in [0.5, 0.6) is 0 Å². The molecule has 0 aliphatic heterocycles. The van der Waals surface area contributed by atoms with Crippen molar-refractivity contribution in [3.63, 3.8) is 0 Å². The zero-order valence-electron chi connectivity index (χ0n) is 13.4. The topological polar surface area (TPSA) is 59.3 Å². The van der Waals surface area contributed by atoms with Crippen LogP contribution in [0.2, 0.25) is 0 Å². The second kappa shape index (κ2) is 4.54. The maximum atomic E-state index is 12.7. The second-order valence-corrected chi connectivity index (χ2v) is 7.17. The Morgan fingerprint density at radius 1 is 1.41 bits per heavy atom. The largest absolute Gasteiger partial charge is 0.345 e. The number of nitrogens with one attached hydrogen (secondary N) is 1. The molecule has 0 atom stereocenters. The molecule has 5 heteroatoms. The summed E-state index contributed by atoms with van der Waals surface area (Å²) >= 11 is 0. The lowest BCUT2D eigenvalue weighted by Crippen LogP contribution is -2.39. The van der Waals surface area contributed by atoms with Gasteiger partial charge >= 0.3 is 0 Å². The summed E-state index contributed by atoms with van der Waals surface area (Å²) in [6, 6.07) is 2.06. The molecule has 5 nitrogen and oxygen atoms in total. The van der Waals surface area contributed by atoms with Crippen molar-refractivity contribution in [2.24, 2.45) is 5.92 Å². The van der Waals surface area contributed by atoms with Crippen LogP contribution in [-0.4, -0.2) is 26.0 Å². The van der Waals surface area contributed by atoms with E-state index < -0.39 is 0 Å². The van der Waals surface area contributed by atoms with Crippen molar-refractivity contribution in [1.29, 1.82) is 0 Å². The average molecular weight is 298 g/mol. The van der Waals surface area contributed by atoms with Crippen LogP contribution in [0.4, 0.5) is 0 Å². The summed E-state index contributed by atoms with van der Waals surface area (Å²) in [5, 5.41) is 7.87. The van der Waals surface area contributed by atoms with Gasteiger partial charge in [-0.3, -0.25) is 4.79 Å². The quantitative estimate of drug-likeness (QED) is 0.944. The Kier molecular flexibility index (Phi) is 2.83. The third kappa shape index (κ3) is 2.11. The van der Waals surface area contributed by atoms with Crippen molar-refractivity contribution in [3.05, 3.63) is 29.2 Å².